The number of hydrogen-bond acceptors (Lipinski definition) is 7. The van der Waals surface area contributed by atoms with Gasteiger partial charge in [0.15, 0.2) is 10.7 Å². The highest BCUT2D eigenvalue weighted by Gasteiger charge is 2.26. The molecule has 2 rings (SSSR count). The Kier molecular flexibility index (Phi) is 4.10. The predicted octanol–water partition coefficient (Wildman–Crippen LogP) is 1.57. The summed E-state index contributed by atoms with van der Waals surface area (Å²) in [6.45, 7) is 6.59. The van der Waals surface area contributed by atoms with Crippen molar-refractivity contribution in [2.75, 3.05) is 23.7 Å². The lowest BCUT2D eigenvalue weighted by Crippen LogP contribution is -2.19. The molecule has 0 amide bonds. The molecule has 2 aromatic rings. The Morgan fingerprint density at radius 3 is 1.95 bits per heavy atom. The van der Waals surface area contributed by atoms with Crippen LogP contribution in [-0.2, 0) is 10.0 Å². The maximum absolute atomic E-state index is 12.6. The first-order valence-corrected chi connectivity index (χ1v) is 8.10. The molecular weight excluding hydrogens is 306 g/mol. The maximum Gasteiger partial charge on any atom is 0.267 e. The SMILES string of the molecule is Cc1nc(N(C)C)nc(C)c1NS(=O)(=O)c1c(C)noc1C. The van der Waals surface area contributed by atoms with E-state index in [2.05, 4.69) is 19.8 Å². The van der Waals surface area contributed by atoms with E-state index >= 15 is 0 Å². The van der Waals surface area contributed by atoms with Gasteiger partial charge in [0.25, 0.3) is 10.0 Å². The number of nitrogens with one attached hydrogen (secondary N) is 1. The van der Waals surface area contributed by atoms with Crippen LogP contribution in [0.5, 0.6) is 0 Å². The Morgan fingerprint density at radius 1 is 1.00 bits per heavy atom. The lowest BCUT2D eigenvalue weighted by molar-refractivity contribution is 0.390. The maximum atomic E-state index is 12.6. The topological polar surface area (TPSA) is 101 Å². The van der Waals surface area contributed by atoms with Crippen LogP contribution in [0.3, 0.4) is 0 Å². The number of hydrogen-bond donors (Lipinski definition) is 1. The van der Waals surface area contributed by atoms with Crippen LogP contribution >= 0.6 is 0 Å². The summed E-state index contributed by atoms with van der Waals surface area (Å²) >= 11 is 0. The van der Waals surface area contributed by atoms with Crippen molar-refractivity contribution in [2.24, 2.45) is 0 Å². The lowest BCUT2D eigenvalue weighted by atomic mass is 10.3. The monoisotopic (exact) mass is 325 g/mol. The zero-order chi connectivity index (χ0) is 16.7. The molecule has 9 heteroatoms. The van der Waals surface area contributed by atoms with E-state index in [4.69, 9.17) is 4.52 Å². The molecule has 2 aromatic heterocycles. The Balaban J connectivity index is 2.47. The van der Waals surface area contributed by atoms with Gasteiger partial charge >= 0.3 is 0 Å². The van der Waals surface area contributed by atoms with Crippen molar-refractivity contribution in [1.29, 1.82) is 0 Å². The molecule has 0 atom stereocenters. The van der Waals surface area contributed by atoms with Crippen LogP contribution in [0.15, 0.2) is 9.42 Å². The van der Waals surface area contributed by atoms with E-state index in [0.29, 0.717) is 28.7 Å². The quantitative estimate of drug-likeness (QED) is 0.910. The third kappa shape index (κ3) is 2.89. The Bertz CT molecular complexity index is 769. The van der Waals surface area contributed by atoms with Crippen LogP contribution in [0.25, 0.3) is 0 Å². The lowest BCUT2D eigenvalue weighted by Gasteiger charge is -2.16. The van der Waals surface area contributed by atoms with Crippen molar-refractivity contribution in [1.82, 2.24) is 15.1 Å². The van der Waals surface area contributed by atoms with Crippen LogP contribution in [0, 0.1) is 27.7 Å². The van der Waals surface area contributed by atoms with Gasteiger partial charge in [0.2, 0.25) is 5.95 Å². The minimum absolute atomic E-state index is 0.0444. The molecule has 0 saturated heterocycles. The summed E-state index contributed by atoms with van der Waals surface area (Å²) in [7, 11) is -0.167. The van der Waals surface area contributed by atoms with E-state index in [9.17, 15) is 8.42 Å². The first-order chi connectivity index (χ1) is 10.1. The third-order valence-corrected chi connectivity index (χ3v) is 4.73. The highest BCUT2D eigenvalue weighted by molar-refractivity contribution is 7.92. The van der Waals surface area contributed by atoms with Gasteiger partial charge in [0.05, 0.1) is 17.1 Å². The summed E-state index contributed by atoms with van der Waals surface area (Å²) in [5.74, 6) is 0.765. The summed E-state index contributed by atoms with van der Waals surface area (Å²) < 4.78 is 32.6. The molecule has 0 aliphatic carbocycles. The van der Waals surface area contributed by atoms with Gasteiger partial charge in [-0.3, -0.25) is 4.72 Å². The van der Waals surface area contributed by atoms with E-state index in [1.165, 1.54) is 0 Å². The molecule has 8 nitrogen and oxygen atoms in total. The number of aromatic nitrogens is 3. The number of sulfonamides is 1. The second-order valence-corrected chi connectivity index (χ2v) is 6.84. The zero-order valence-corrected chi connectivity index (χ0v) is 14.2. The van der Waals surface area contributed by atoms with E-state index in [0.717, 1.165) is 0 Å². The van der Waals surface area contributed by atoms with Gasteiger partial charge in [0, 0.05) is 14.1 Å². The van der Waals surface area contributed by atoms with Gasteiger partial charge in [-0.05, 0) is 27.7 Å². The Morgan fingerprint density at radius 2 is 1.55 bits per heavy atom. The fourth-order valence-corrected chi connectivity index (χ4v) is 3.60. The fourth-order valence-electron chi connectivity index (χ4n) is 2.09. The third-order valence-electron chi connectivity index (χ3n) is 3.13. The second kappa shape index (κ2) is 5.56. The van der Waals surface area contributed by atoms with Gasteiger partial charge in [-0.1, -0.05) is 5.16 Å². The van der Waals surface area contributed by atoms with Gasteiger partial charge in [-0.2, -0.15) is 0 Å². The standard InChI is InChI=1S/C13H19N5O3S/c1-7-11(8(2)15-13(14-7)18(5)6)17-22(19,20)12-9(3)16-21-10(12)4/h17H,1-6H3. The van der Waals surface area contributed by atoms with Crippen LogP contribution in [-0.4, -0.2) is 37.6 Å². The van der Waals surface area contributed by atoms with Crippen molar-refractivity contribution < 1.29 is 12.9 Å². The molecule has 0 aliphatic rings. The summed E-state index contributed by atoms with van der Waals surface area (Å²) in [6.07, 6.45) is 0. The first kappa shape index (κ1) is 16.2. The van der Waals surface area contributed by atoms with Crippen molar-refractivity contribution in [3.63, 3.8) is 0 Å². The van der Waals surface area contributed by atoms with Gasteiger partial charge in [0.1, 0.15) is 5.69 Å². The van der Waals surface area contributed by atoms with Crippen molar-refractivity contribution >= 4 is 21.7 Å². The highest BCUT2D eigenvalue weighted by Crippen LogP contribution is 2.26. The van der Waals surface area contributed by atoms with Crippen LogP contribution in [0.1, 0.15) is 22.8 Å². The predicted molar refractivity (Wildman–Crippen MR) is 82.6 cm³/mol. The largest absolute Gasteiger partial charge is 0.360 e. The number of aryl methyl sites for hydroxylation is 4. The summed E-state index contributed by atoms with van der Waals surface area (Å²) in [4.78, 5) is 10.4. The van der Waals surface area contributed by atoms with Crippen LogP contribution in [0.2, 0.25) is 0 Å². The smallest absolute Gasteiger partial charge is 0.267 e. The van der Waals surface area contributed by atoms with Crippen molar-refractivity contribution in [3.05, 3.63) is 22.8 Å². The molecule has 1 N–H and O–H groups in total. The van der Waals surface area contributed by atoms with Crippen LogP contribution in [0.4, 0.5) is 11.6 Å². The molecule has 22 heavy (non-hydrogen) atoms. The number of anilines is 2. The van der Waals surface area contributed by atoms with E-state index in [1.807, 2.05) is 14.1 Å². The molecule has 0 saturated carbocycles. The molecule has 0 unspecified atom stereocenters. The average molecular weight is 325 g/mol. The minimum atomic E-state index is -3.81. The Labute approximate surface area is 129 Å². The molecule has 0 spiro atoms. The highest BCUT2D eigenvalue weighted by atomic mass is 32.2. The Hall–Kier alpha value is -2.16. The van der Waals surface area contributed by atoms with Crippen molar-refractivity contribution in [2.45, 2.75) is 32.6 Å². The first-order valence-electron chi connectivity index (χ1n) is 6.61. The summed E-state index contributed by atoms with van der Waals surface area (Å²) in [5, 5.41) is 3.67. The molecule has 2 heterocycles. The molecule has 0 aromatic carbocycles. The molecule has 0 aliphatic heterocycles. The van der Waals surface area contributed by atoms with Gasteiger partial charge in [-0.15, -0.1) is 0 Å². The van der Waals surface area contributed by atoms with Gasteiger partial charge < -0.3 is 9.42 Å². The second-order valence-electron chi connectivity index (χ2n) is 5.22. The van der Waals surface area contributed by atoms with Gasteiger partial charge in [-0.25, -0.2) is 18.4 Å². The normalized spacial score (nSPS) is 11.5. The van der Waals surface area contributed by atoms with Crippen LogP contribution < -0.4 is 9.62 Å². The van der Waals surface area contributed by atoms with Crippen molar-refractivity contribution in [3.8, 4) is 0 Å². The average Bonchev–Trinajstić information content (AvgIpc) is 2.73. The van der Waals surface area contributed by atoms with E-state index in [1.54, 1.807) is 32.6 Å². The zero-order valence-electron chi connectivity index (χ0n) is 13.4. The number of nitrogens with zero attached hydrogens (tertiary/aromatic N) is 4. The van der Waals surface area contributed by atoms with E-state index < -0.39 is 10.0 Å². The van der Waals surface area contributed by atoms with E-state index in [-0.39, 0.29) is 10.7 Å². The minimum Gasteiger partial charge on any atom is -0.360 e. The summed E-state index contributed by atoms with van der Waals surface area (Å²) in [6, 6.07) is 0. The summed E-state index contributed by atoms with van der Waals surface area (Å²) in [5.41, 5.74) is 1.77. The fraction of sp³-hybridized carbons (Fsp3) is 0.462. The number of rotatable bonds is 4. The molecule has 0 bridgehead atoms. The molecule has 0 radical (unpaired) electrons. The molecule has 0 fully saturated rings. The molecule has 120 valence electrons. The molecular formula is C13H19N5O3S.